The Kier molecular flexibility index (Phi) is 7.52. The molecule has 0 aliphatic carbocycles. The number of nitrogen functional groups attached to an aromatic ring is 1. The van der Waals surface area contributed by atoms with E-state index in [1.807, 2.05) is 24.3 Å². The second kappa shape index (κ2) is 10.6. The van der Waals surface area contributed by atoms with E-state index in [0.29, 0.717) is 5.56 Å². The predicted molar refractivity (Wildman–Crippen MR) is 132 cm³/mol. The molecule has 2 aromatic carbocycles. The highest BCUT2D eigenvalue weighted by molar-refractivity contribution is 6.28. The number of nitrogens with two attached hydrogens (primary N) is 1. The van der Waals surface area contributed by atoms with Gasteiger partial charge in [-0.3, -0.25) is 4.57 Å². The molecule has 0 aliphatic rings. The van der Waals surface area contributed by atoms with Crippen LogP contribution >= 0.6 is 11.6 Å². The van der Waals surface area contributed by atoms with Gasteiger partial charge in [0, 0.05) is 20.0 Å². The molecule has 2 aromatic heterocycles. The first kappa shape index (κ1) is 26.2. The van der Waals surface area contributed by atoms with E-state index in [4.69, 9.17) is 26.8 Å². The number of hydrogen-bond donors (Lipinski definition) is 3. The first-order valence-corrected chi connectivity index (χ1v) is 11.4. The molecule has 4 aromatic rings. The smallest absolute Gasteiger partial charge is 0.348 e. The monoisotopic (exact) mass is 531 g/mol. The van der Waals surface area contributed by atoms with Crippen molar-refractivity contribution in [1.29, 1.82) is 0 Å². The summed E-state index contributed by atoms with van der Waals surface area (Å²) in [5.74, 6) is -3.40. The molecule has 0 fully saturated rings. The summed E-state index contributed by atoms with van der Waals surface area (Å²) in [6.45, 7) is -0.520. The minimum absolute atomic E-state index is 0.0195. The van der Waals surface area contributed by atoms with E-state index in [2.05, 4.69) is 15.0 Å². The Hall–Kier alpha value is -3.87. The molecule has 0 saturated carbocycles. The largest absolute Gasteiger partial charge is 0.479 e. The zero-order valence-corrected chi connectivity index (χ0v) is 20.3. The summed E-state index contributed by atoms with van der Waals surface area (Å²) >= 11 is 5.83. The van der Waals surface area contributed by atoms with E-state index in [0.717, 1.165) is 15.3 Å². The molecular formula is C24H23ClFN5O6. The van der Waals surface area contributed by atoms with Gasteiger partial charge in [-0.1, -0.05) is 42.5 Å². The molecule has 2 unspecified atom stereocenters. The lowest BCUT2D eigenvalue weighted by atomic mass is 9.92. The molecule has 0 radical (unpaired) electrons. The van der Waals surface area contributed by atoms with Crippen LogP contribution in [0.3, 0.4) is 0 Å². The number of carbonyl (C=O) groups is 2. The van der Waals surface area contributed by atoms with Crippen molar-refractivity contribution in [3.63, 3.8) is 0 Å². The number of ether oxygens (including phenoxy) is 2. The number of hydrogen-bond acceptors (Lipinski definition) is 8. The number of aliphatic carboxylic acids is 2. The van der Waals surface area contributed by atoms with Gasteiger partial charge in [-0.05, 0) is 27.9 Å². The van der Waals surface area contributed by atoms with Crippen LogP contribution < -0.4 is 5.73 Å². The summed E-state index contributed by atoms with van der Waals surface area (Å²) in [6.07, 6.45) is -2.40. The third kappa shape index (κ3) is 5.31. The van der Waals surface area contributed by atoms with E-state index in [-0.39, 0.29) is 28.7 Å². The highest BCUT2D eigenvalue weighted by Crippen LogP contribution is 2.27. The number of carboxylic acid groups (broad SMARTS) is 2. The maximum atomic E-state index is 15.2. The lowest BCUT2D eigenvalue weighted by Crippen LogP contribution is -2.52. The Balaban J connectivity index is 1.53. The van der Waals surface area contributed by atoms with Gasteiger partial charge in [0.25, 0.3) is 5.60 Å². The summed E-state index contributed by atoms with van der Waals surface area (Å²) in [7, 11) is 1.27. The fourth-order valence-corrected chi connectivity index (χ4v) is 4.14. The number of anilines is 1. The van der Waals surface area contributed by atoms with Crippen LogP contribution in [0.15, 0.2) is 48.8 Å². The Morgan fingerprint density at radius 2 is 1.86 bits per heavy atom. The molecule has 11 nitrogen and oxygen atoms in total. The number of carboxylic acids is 2. The molecule has 2 atom stereocenters. The van der Waals surface area contributed by atoms with Crippen LogP contribution in [-0.4, -0.2) is 67.1 Å². The normalized spacial score (nSPS) is 13.6. The standard InChI is InChI=1S/C24H23ClFN5O6/c1-36-16(9-17(26)31-12-28-18-19(27)29-23(25)30-20(18)31)11-37-24(21(32)33,22(34)35)10-13-6-7-14-4-2-3-5-15(14)8-13/h2-8,12,16-17H,9-11H2,1H3,(H,32,33)(H,34,35)(H2,27,29,30). The van der Waals surface area contributed by atoms with Gasteiger partial charge in [0.2, 0.25) is 5.28 Å². The Labute approximate surface area is 214 Å². The van der Waals surface area contributed by atoms with Gasteiger partial charge in [0.15, 0.2) is 17.8 Å². The van der Waals surface area contributed by atoms with Gasteiger partial charge in [0.1, 0.15) is 5.52 Å². The fourth-order valence-electron chi connectivity index (χ4n) is 3.97. The molecule has 0 spiro atoms. The molecule has 4 N–H and O–H groups in total. The SMILES string of the molecule is COC(COC(Cc1ccc2ccccc2c1)(C(=O)O)C(=O)O)CC(F)n1cnc2c(N)nc(Cl)nc21. The molecular weight excluding hydrogens is 509 g/mol. The number of imidazole rings is 1. The third-order valence-electron chi connectivity index (χ3n) is 5.99. The Bertz CT molecular complexity index is 1450. The van der Waals surface area contributed by atoms with Crippen molar-refractivity contribution in [2.24, 2.45) is 0 Å². The second-order valence-electron chi connectivity index (χ2n) is 8.34. The topological polar surface area (TPSA) is 163 Å². The van der Waals surface area contributed by atoms with Crippen molar-refractivity contribution in [1.82, 2.24) is 19.5 Å². The van der Waals surface area contributed by atoms with E-state index < -0.39 is 43.0 Å². The first-order valence-electron chi connectivity index (χ1n) is 11.1. The number of halogens is 2. The molecule has 13 heteroatoms. The summed E-state index contributed by atoms with van der Waals surface area (Å²) in [4.78, 5) is 36.1. The maximum Gasteiger partial charge on any atom is 0.348 e. The number of methoxy groups -OCH3 is 1. The molecule has 194 valence electrons. The molecule has 2 heterocycles. The first-order chi connectivity index (χ1) is 17.6. The molecule has 4 rings (SSSR count). The van der Waals surface area contributed by atoms with Crippen LogP contribution in [0.5, 0.6) is 0 Å². The summed E-state index contributed by atoms with van der Waals surface area (Å²) < 4.78 is 27.1. The minimum Gasteiger partial charge on any atom is -0.479 e. The lowest BCUT2D eigenvalue weighted by molar-refractivity contribution is -0.188. The summed E-state index contributed by atoms with van der Waals surface area (Å²) in [5, 5.41) is 21.3. The van der Waals surface area contributed by atoms with Gasteiger partial charge in [-0.25, -0.2) is 19.0 Å². The maximum absolute atomic E-state index is 15.2. The zero-order valence-electron chi connectivity index (χ0n) is 19.5. The zero-order chi connectivity index (χ0) is 26.7. The van der Waals surface area contributed by atoms with E-state index in [9.17, 15) is 19.8 Å². The van der Waals surface area contributed by atoms with Crippen LogP contribution in [0.25, 0.3) is 21.9 Å². The molecule has 37 heavy (non-hydrogen) atoms. The Morgan fingerprint density at radius 3 is 2.54 bits per heavy atom. The average molecular weight is 532 g/mol. The second-order valence-corrected chi connectivity index (χ2v) is 8.67. The van der Waals surface area contributed by atoms with Gasteiger partial charge in [-0.2, -0.15) is 9.97 Å². The summed E-state index contributed by atoms with van der Waals surface area (Å²) in [6, 6.07) is 12.5. The van der Waals surface area contributed by atoms with Crippen molar-refractivity contribution in [3.05, 3.63) is 59.6 Å². The van der Waals surface area contributed by atoms with Gasteiger partial charge >= 0.3 is 11.9 Å². The van der Waals surface area contributed by atoms with Crippen molar-refractivity contribution in [3.8, 4) is 0 Å². The molecule has 0 bridgehead atoms. The molecule has 0 saturated heterocycles. The molecule has 0 amide bonds. The quantitative estimate of drug-likeness (QED) is 0.193. The Morgan fingerprint density at radius 1 is 1.16 bits per heavy atom. The molecule has 0 aliphatic heterocycles. The number of aromatic nitrogens is 4. The third-order valence-corrected chi connectivity index (χ3v) is 6.16. The number of alkyl halides is 1. The van der Waals surface area contributed by atoms with Crippen LogP contribution in [0, 0.1) is 0 Å². The van der Waals surface area contributed by atoms with Gasteiger partial charge < -0.3 is 25.4 Å². The summed E-state index contributed by atoms with van der Waals surface area (Å²) in [5.41, 5.74) is 3.79. The number of rotatable bonds is 11. The van der Waals surface area contributed by atoms with Crippen molar-refractivity contribution >= 4 is 51.3 Å². The van der Waals surface area contributed by atoms with Gasteiger partial charge in [0.05, 0.1) is 19.0 Å². The van der Waals surface area contributed by atoms with E-state index in [1.165, 1.54) is 13.4 Å². The lowest BCUT2D eigenvalue weighted by Gasteiger charge is -2.28. The predicted octanol–water partition coefficient (Wildman–Crippen LogP) is 3.26. The number of fused-ring (bicyclic) bond motifs is 2. The average Bonchev–Trinajstić information content (AvgIpc) is 3.29. The van der Waals surface area contributed by atoms with Crippen LogP contribution in [0.1, 0.15) is 18.3 Å². The number of nitrogens with zero attached hydrogens (tertiary/aromatic N) is 4. The van der Waals surface area contributed by atoms with E-state index >= 15 is 4.39 Å². The van der Waals surface area contributed by atoms with Crippen LogP contribution in [-0.2, 0) is 25.5 Å². The highest BCUT2D eigenvalue weighted by Gasteiger charge is 2.49. The van der Waals surface area contributed by atoms with Crippen LogP contribution in [0.2, 0.25) is 5.28 Å². The highest BCUT2D eigenvalue weighted by atomic mass is 35.5. The van der Waals surface area contributed by atoms with Crippen molar-refractivity contribution < 1.29 is 33.7 Å². The van der Waals surface area contributed by atoms with E-state index in [1.54, 1.807) is 18.2 Å². The van der Waals surface area contributed by atoms with Gasteiger partial charge in [-0.15, -0.1) is 0 Å². The van der Waals surface area contributed by atoms with Crippen molar-refractivity contribution in [2.75, 3.05) is 19.5 Å². The minimum atomic E-state index is -2.62. The fraction of sp³-hybridized carbons (Fsp3) is 0.292. The van der Waals surface area contributed by atoms with Crippen molar-refractivity contribution in [2.45, 2.75) is 30.8 Å². The number of benzene rings is 2. The van der Waals surface area contributed by atoms with Crippen LogP contribution in [0.4, 0.5) is 10.2 Å².